The van der Waals surface area contributed by atoms with Crippen LogP contribution in [0.1, 0.15) is 29.4 Å². The second kappa shape index (κ2) is 7.17. The van der Waals surface area contributed by atoms with Gasteiger partial charge in [0.1, 0.15) is 11.9 Å². The number of amides is 2. The van der Waals surface area contributed by atoms with Gasteiger partial charge in [0, 0.05) is 18.2 Å². The van der Waals surface area contributed by atoms with Gasteiger partial charge in [-0.15, -0.1) is 0 Å². The number of benzene rings is 1. The van der Waals surface area contributed by atoms with E-state index in [0.29, 0.717) is 19.5 Å². The number of likely N-dealkylation sites (tertiary alicyclic amines) is 1. The molecular formula is C19H26N4O2. The maximum absolute atomic E-state index is 12.3. The lowest BCUT2D eigenvalue weighted by molar-refractivity contribution is 0.0427. The number of carbonyl (C=O) groups excluding carboxylic acids is 1. The number of aromatic nitrogens is 2. The number of hydrogen-bond acceptors (Lipinski definition) is 3. The Kier molecular flexibility index (Phi) is 4.97. The van der Waals surface area contributed by atoms with E-state index in [1.165, 1.54) is 0 Å². The van der Waals surface area contributed by atoms with Gasteiger partial charge in [0.05, 0.1) is 18.8 Å². The van der Waals surface area contributed by atoms with Crippen molar-refractivity contribution in [1.29, 1.82) is 0 Å². The van der Waals surface area contributed by atoms with Crippen LogP contribution in [-0.4, -0.2) is 46.4 Å². The van der Waals surface area contributed by atoms with E-state index >= 15 is 0 Å². The topological polar surface area (TPSA) is 70.2 Å². The highest BCUT2D eigenvalue weighted by Gasteiger charge is 2.33. The Morgan fingerprint density at radius 1 is 1.36 bits per heavy atom. The first-order valence-corrected chi connectivity index (χ1v) is 8.71. The van der Waals surface area contributed by atoms with Gasteiger partial charge in [-0.25, -0.2) is 4.79 Å². The summed E-state index contributed by atoms with van der Waals surface area (Å²) in [7, 11) is 0. The van der Waals surface area contributed by atoms with E-state index in [1.807, 2.05) is 52.0 Å². The molecule has 2 amide bonds. The molecule has 6 nitrogen and oxygen atoms in total. The zero-order valence-electron chi connectivity index (χ0n) is 15.3. The summed E-state index contributed by atoms with van der Waals surface area (Å²) in [5.41, 5.74) is 4.25. The first kappa shape index (κ1) is 17.3. The fourth-order valence-electron chi connectivity index (χ4n) is 3.08. The molecule has 2 aromatic rings. The van der Waals surface area contributed by atoms with E-state index in [1.54, 1.807) is 4.90 Å². The number of aromatic amines is 1. The van der Waals surface area contributed by atoms with Crippen molar-refractivity contribution >= 4 is 6.03 Å². The van der Waals surface area contributed by atoms with Crippen LogP contribution in [-0.2, 0) is 6.42 Å². The van der Waals surface area contributed by atoms with Crippen LogP contribution in [0.5, 0.6) is 5.75 Å². The van der Waals surface area contributed by atoms with Gasteiger partial charge in [-0.05, 0) is 44.9 Å². The molecule has 1 fully saturated rings. The molecule has 0 saturated carbocycles. The third-order valence-corrected chi connectivity index (χ3v) is 4.47. The second-order valence-electron chi connectivity index (χ2n) is 6.96. The van der Waals surface area contributed by atoms with Crippen LogP contribution in [0.2, 0.25) is 0 Å². The highest BCUT2D eigenvalue weighted by atomic mass is 16.5. The summed E-state index contributed by atoms with van der Waals surface area (Å²) in [6.07, 6.45) is 0.779. The van der Waals surface area contributed by atoms with Crippen LogP contribution in [0.4, 0.5) is 4.79 Å². The van der Waals surface area contributed by atoms with Crippen molar-refractivity contribution in [2.24, 2.45) is 0 Å². The summed E-state index contributed by atoms with van der Waals surface area (Å²) in [6.45, 7) is 9.29. The largest absolute Gasteiger partial charge is 0.486 e. The number of nitrogens with one attached hydrogen (secondary N) is 2. The maximum atomic E-state index is 12.3. The monoisotopic (exact) mass is 342 g/mol. The number of aryl methyl sites for hydroxylation is 3. The van der Waals surface area contributed by atoms with Crippen molar-refractivity contribution < 1.29 is 9.53 Å². The third kappa shape index (κ3) is 4.13. The lowest BCUT2D eigenvalue weighted by Gasteiger charge is -2.39. The lowest BCUT2D eigenvalue weighted by Crippen LogP contribution is -2.60. The fourth-order valence-corrected chi connectivity index (χ4v) is 3.08. The molecule has 0 spiro atoms. The highest BCUT2D eigenvalue weighted by molar-refractivity contribution is 5.75. The number of nitrogens with zero attached hydrogens (tertiary/aromatic N) is 2. The Hall–Kier alpha value is -2.50. The number of urea groups is 1. The minimum Gasteiger partial charge on any atom is -0.486 e. The maximum Gasteiger partial charge on any atom is 0.317 e. The van der Waals surface area contributed by atoms with Gasteiger partial charge in [0.25, 0.3) is 0 Å². The zero-order chi connectivity index (χ0) is 18.0. The molecule has 2 heterocycles. The third-order valence-electron chi connectivity index (χ3n) is 4.47. The average molecular weight is 342 g/mol. The normalized spacial score (nSPS) is 15.6. The predicted octanol–water partition coefficient (Wildman–Crippen LogP) is 2.74. The molecular weight excluding hydrogens is 316 g/mol. The van der Waals surface area contributed by atoms with E-state index in [4.69, 9.17) is 4.74 Å². The molecule has 134 valence electrons. The molecule has 1 aromatic carbocycles. The number of ether oxygens (including phenoxy) is 1. The molecule has 1 atom stereocenters. The molecule has 0 unspecified atom stereocenters. The molecule has 1 aromatic heterocycles. The van der Waals surface area contributed by atoms with Crippen molar-refractivity contribution in [2.75, 3.05) is 13.1 Å². The summed E-state index contributed by atoms with van der Waals surface area (Å²) in [6, 6.07) is 8.12. The fraction of sp³-hybridized carbons (Fsp3) is 0.474. The van der Waals surface area contributed by atoms with Gasteiger partial charge in [-0.2, -0.15) is 5.10 Å². The van der Waals surface area contributed by atoms with E-state index in [9.17, 15) is 4.79 Å². The van der Waals surface area contributed by atoms with Crippen molar-refractivity contribution in [3.8, 4) is 5.75 Å². The minimum atomic E-state index is -0.0406. The summed E-state index contributed by atoms with van der Waals surface area (Å²) in [5.74, 6) is 0.940. The van der Waals surface area contributed by atoms with Crippen LogP contribution in [0, 0.1) is 20.8 Å². The Morgan fingerprint density at radius 2 is 2.04 bits per heavy atom. The van der Waals surface area contributed by atoms with Crippen LogP contribution in [0.25, 0.3) is 0 Å². The number of hydrogen-bond donors (Lipinski definition) is 2. The molecule has 1 aliphatic rings. The predicted molar refractivity (Wildman–Crippen MR) is 96.9 cm³/mol. The molecule has 25 heavy (non-hydrogen) atoms. The lowest BCUT2D eigenvalue weighted by atomic mass is 10.1. The van der Waals surface area contributed by atoms with Crippen molar-refractivity contribution in [3.05, 3.63) is 46.8 Å². The van der Waals surface area contributed by atoms with Crippen LogP contribution in [0.15, 0.2) is 24.3 Å². The Bertz CT molecular complexity index is 729. The quantitative estimate of drug-likeness (QED) is 0.878. The first-order chi connectivity index (χ1) is 11.9. The Labute approximate surface area is 148 Å². The van der Waals surface area contributed by atoms with Gasteiger partial charge in [0.15, 0.2) is 0 Å². The van der Waals surface area contributed by atoms with Crippen molar-refractivity contribution in [3.63, 3.8) is 0 Å². The van der Waals surface area contributed by atoms with E-state index in [0.717, 1.165) is 28.3 Å². The van der Waals surface area contributed by atoms with E-state index in [-0.39, 0.29) is 18.2 Å². The summed E-state index contributed by atoms with van der Waals surface area (Å²) in [4.78, 5) is 14.1. The van der Waals surface area contributed by atoms with Gasteiger partial charge >= 0.3 is 6.03 Å². The SMILES string of the molecule is Cc1cc(C[C@@H](C)NC(=O)N2CC(Oc3c(C)cccc3C)C2)n[nH]1. The Morgan fingerprint density at radius 3 is 2.64 bits per heavy atom. The highest BCUT2D eigenvalue weighted by Crippen LogP contribution is 2.26. The molecule has 3 rings (SSSR count). The van der Waals surface area contributed by atoms with Gasteiger partial charge in [-0.1, -0.05) is 18.2 Å². The van der Waals surface area contributed by atoms with Gasteiger partial charge in [-0.3, -0.25) is 5.10 Å². The van der Waals surface area contributed by atoms with E-state index in [2.05, 4.69) is 15.5 Å². The average Bonchev–Trinajstić information content (AvgIpc) is 2.89. The second-order valence-corrected chi connectivity index (χ2v) is 6.96. The number of rotatable bonds is 5. The number of H-pyrrole nitrogens is 1. The molecule has 1 saturated heterocycles. The number of carbonyl (C=O) groups is 1. The van der Waals surface area contributed by atoms with Crippen LogP contribution < -0.4 is 10.1 Å². The zero-order valence-corrected chi connectivity index (χ0v) is 15.3. The molecule has 1 aliphatic heterocycles. The first-order valence-electron chi connectivity index (χ1n) is 8.71. The summed E-state index contributed by atoms with van der Waals surface area (Å²) in [5, 5.41) is 10.2. The van der Waals surface area contributed by atoms with Gasteiger partial charge in [0.2, 0.25) is 0 Å². The van der Waals surface area contributed by atoms with Gasteiger partial charge < -0.3 is 15.0 Å². The summed E-state index contributed by atoms with van der Waals surface area (Å²) >= 11 is 0. The molecule has 6 heteroatoms. The molecule has 2 N–H and O–H groups in total. The van der Waals surface area contributed by atoms with E-state index < -0.39 is 0 Å². The van der Waals surface area contributed by atoms with Crippen LogP contribution in [0.3, 0.4) is 0 Å². The standard InChI is InChI=1S/C19H26N4O2/c1-12-6-5-7-13(2)18(12)25-17-10-23(11-17)19(24)20-14(3)8-16-9-15(4)21-22-16/h5-7,9,14,17H,8,10-11H2,1-4H3,(H,20,24)(H,21,22)/t14-/m1/s1. The molecule has 0 aliphatic carbocycles. The smallest absolute Gasteiger partial charge is 0.317 e. The van der Waals surface area contributed by atoms with Crippen molar-refractivity contribution in [1.82, 2.24) is 20.4 Å². The molecule has 0 bridgehead atoms. The molecule has 0 radical (unpaired) electrons. The van der Waals surface area contributed by atoms with Crippen LogP contribution >= 0.6 is 0 Å². The number of para-hydroxylation sites is 1. The minimum absolute atomic E-state index is 0.0359. The Balaban J connectivity index is 1.45. The summed E-state index contributed by atoms with van der Waals surface area (Å²) < 4.78 is 6.06. The van der Waals surface area contributed by atoms with Crippen molar-refractivity contribution in [2.45, 2.75) is 46.3 Å².